The van der Waals surface area contributed by atoms with Crippen LogP contribution in [-0.4, -0.2) is 55.8 Å². The molecule has 1 amide bonds. The molecule has 1 aromatic carbocycles. The number of morpholine rings is 1. The average Bonchev–Trinajstić information content (AvgIpc) is 3.03. The topological polar surface area (TPSA) is 70.6 Å². The van der Waals surface area contributed by atoms with Crippen LogP contribution in [0.1, 0.15) is 10.4 Å². The number of benzene rings is 1. The van der Waals surface area contributed by atoms with Gasteiger partial charge in [-0.1, -0.05) is 0 Å². The first-order valence-electron chi connectivity index (χ1n) is 9.67. The maximum absolute atomic E-state index is 12.6. The quantitative estimate of drug-likeness (QED) is 0.695. The standard InChI is InChI=1S/C21H25N5O2S/c1-14-15(2)29-21-19(14)20(22-13-23-21)25(3)12-18(27)24-16-4-6-17(7-5-16)26-8-10-28-11-9-26/h4-7,13H,8-12H2,1-3H3,(H,24,27). The molecule has 2 aromatic heterocycles. The SMILES string of the molecule is Cc1sc2ncnc(N(C)CC(=O)Nc3ccc(N4CCOCC4)cc3)c2c1C. The third kappa shape index (κ3) is 4.18. The molecule has 152 valence electrons. The van der Waals surface area contributed by atoms with Crippen LogP contribution in [0.5, 0.6) is 0 Å². The normalized spacial score (nSPS) is 14.2. The Bertz CT molecular complexity index is 1010. The van der Waals surface area contributed by atoms with E-state index in [-0.39, 0.29) is 12.5 Å². The number of rotatable bonds is 5. The van der Waals surface area contributed by atoms with Gasteiger partial charge in [0.15, 0.2) is 0 Å². The van der Waals surface area contributed by atoms with Gasteiger partial charge in [0.1, 0.15) is 17.0 Å². The summed E-state index contributed by atoms with van der Waals surface area (Å²) in [5, 5.41) is 4.00. The fourth-order valence-corrected chi connectivity index (χ4v) is 4.51. The van der Waals surface area contributed by atoms with Crippen molar-refractivity contribution in [2.24, 2.45) is 0 Å². The Morgan fingerprint density at radius 1 is 1.21 bits per heavy atom. The maximum Gasteiger partial charge on any atom is 0.243 e. The lowest BCUT2D eigenvalue weighted by atomic mass is 10.2. The number of hydrogen-bond acceptors (Lipinski definition) is 7. The highest BCUT2D eigenvalue weighted by molar-refractivity contribution is 7.18. The van der Waals surface area contributed by atoms with Crippen LogP contribution in [0.25, 0.3) is 10.2 Å². The average molecular weight is 412 g/mol. The molecular formula is C21H25N5O2S. The van der Waals surface area contributed by atoms with Gasteiger partial charge in [0.2, 0.25) is 5.91 Å². The minimum atomic E-state index is -0.0806. The molecule has 3 aromatic rings. The number of carbonyl (C=O) groups is 1. The lowest BCUT2D eigenvalue weighted by molar-refractivity contribution is -0.114. The molecule has 0 spiro atoms. The van der Waals surface area contributed by atoms with Gasteiger partial charge in [-0.2, -0.15) is 0 Å². The molecule has 8 heteroatoms. The van der Waals surface area contributed by atoms with Gasteiger partial charge in [-0.3, -0.25) is 4.79 Å². The van der Waals surface area contributed by atoms with Gasteiger partial charge >= 0.3 is 0 Å². The Hall–Kier alpha value is -2.71. The zero-order chi connectivity index (χ0) is 20.4. The van der Waals surface area contributed by atoms with Crippen LogP contribution in [0.2, 0.25) is 0 Å². The van der Waals surface area contributed by atoms with Crippen LogP contribution in [0.4, 0.5) is 17.2 Å². The summed E-state index contributed by atoms with van der Waals surface area (Å²) in [6.07, 6.45) is 1.56. The van der Waals surface area contributed by atoms with Crippen molar-refractivity contribution in [1.82, 2.24) is 9.97 Å². The molecule has 1 N–H and O–H groups in total. The molecule has 0 bridgehead atoms. The van der Waals surface area contributed by atoms with E-state index in [1.54, 1.807) is 17.7 Å². The second kappa shape index (κ2) is 8.34. The Labute approximate surface area is 174 Å². The molecule has 0 atom stereocenters. The number of hydrogen-bond donors (Lipinski definition) is 1. The first-order valence-corrected chi connectivity index (χ1v) is 10.5. The number of amides is 1. The maximum atomic E-state index is 12.6. The monoisotopic (exact) mass is 411 g/mol. The molecule has 1 saturated heterocycles. The molecule has 3 heterocycles. The number of anilines is 3. The Kier molecular flexibility index (Phi) is 5.64. The van der Waals surface area contributed by atoms with Crippen LogP contribution in [0.3, 0.4) is 0 Å². The van der Waals surface area contributed by atoms with Crippen molar-refractivity contribution in [2.75, 3.05) is 55.0 Å². The van der Waals surface area contributed by atoms with E-state index in [1.165, 1.54) is 10.4 Å². The van der Waals surface area contributed by atoms with Crippen LogP contribution >= 0.6 is 11.3 Å². The zero-order valence-electron chi connectivity index (χ0n) is 16.9. The fourth-order valence-electron chi connectivity index (χ4n) is 3.52. The van der Waals surface area contributed by atoms with Gasteiger partial charge in [0.25, 0.3) is 0 Å². The highest BCUT2D eigenvalue weighted by atomic mass is 32.1. The number of aryl methyl sites for hydroxylation is 2. The summed E-state index contributed by atoms with van der Waals surface area (Å²) < 4.78 is 5.39. The number of nitrogens with one attached hydrogen (secondary N) is 1. The number of thiophene rings is 1. The number of fused-ring (bicyclic) bond motifs is 1. The van der Waals surface area contributed by atoms with E-state index in [4.69, 9.17) is 4.74 Å². The molecule has 7 nitrogen and oxygen atoms in total. The summed E-state index contributed by atoms with van der Waals surface area (Å²) in [7, 11) is 1.88. The van der Waals surface area contributed by atoms with E-state index in [9.17, 15) is 4.79 Å². The Morgan fingerprint density at radius 2 is 1.93 bits per heavy atom. The molecular weight excluding hydrogens is 386 g/mol. The molecule has 1 fully saturated rings. The summed E-state index contributed by atoms with van der Waals surface area (Å²) >= 11 is 1.65. The summed E-state index contributed by atoms with van der Waals surface area (Å²) in [5.41, 5.74) is 3.11. The first kappa shape index (κ1) is 19.6. The lowest BCUT2D eigenvalue weighted by Gasteiger charge is -2.29. The smallest absolute Gasteiger partial charge is 0.243 e. The van der Waals surface area contributed by atoms with Crippen molar-refractivity contribution in [3.8, 4) is 0 Å². The number of aromatic nitrogens is 2. The number of carbonyl (C=O) groups excluding carboxylic acids is 1. The highest BCUT2D eigenvalue weighted by Crippen LogP contribution is 2.33. The van der Waals surface area contributed by atoms with E-state index in [0.29, 0.717) is 0 Å². The summed E-state index contributed by atoms with van der Waals surface area (Å²) in [6, 6.07) is 7.96. The summed E-state index contributed by atoms with van der Waals surface area (Å²) in [6.45, 7) is 7.67. The Morgan fingerprint density at radius 3 is 2.66 bits per heavy atom. The minimum Gasteiger partial charge on any atom is -0.378 e. The highest BCUT2D eigenvalue weighted by Gasteiger charge is 2.17. The second-order valence-corrected chi connectivity index (χ2v) is 8.41. The van der Waals surface area contributed by atoms with E-state index >= 15 is 0 Å². The third-order valence-corrected chi connectivity index (χ3v) is 6.33. The van der Waals surface area contributed by atoms with Crippen LogP contribution < -0.4 is 15.1 Å². The van der Waals surface area contributed by atoms with Gasteiger partial charge in [-0.15, -0.1) is 11.3 Å². The molecule has 0 radical (unpaired) electrons. The Balaban J connectivity index is 1.42. The van der Waals surface area contributed by atoms with Gasteiger partial charge in [0, 0.05) is 36.4 Å². The van der Waals surface area contributed by atoms with Gasteiger partial charge in [0.05, 0.1) is 25.1 Å². The van der Waals surface area contributed by atoms with Gasteiger partial charge in [-0.05, 0) is 43.7 Å². The van der Waals surface area contributed by atoms with Crippen molar-refractivity contribution in [2.45, 2.75) is 13.8 Å². The fraction of sp³-hybridized carbons (Fsp3) is 0.381. The lowest BCUT2D eigenvalue weighted by Crippen LogP contribution is -2.36. The molecule has 0 saturated carbocycles. The minimum absolute atomic E-state index is 0.0806. The van der Waals surface area contributed by atoms with Crippen molar-refractivity contribution in [3.05, 3.63) is 41.0 Å². The van der Waals surface area contributed by atoms with E-state index in [2.05, 4.69) is 34.0 Å². The summed E-state index contributed by atoms with van der Waals surface area (Å²) in [5.74, 6) is 0.706. The van der Waals surface area contributed by atoms with Crippen LogP contribution in [0, 0.1) is 13.8 Å². The summed E-state index contributed by atoms with van der Waals surface area (Å²) in [4.78, 5) is 27.7. The van der Waals surface area contributed by atoms with E-state index in [1.807, 2.05) is 36.2 Å². The predicted molar refractivity (Wildman–Crippen MR) is 118 cm³/mol. The molecule has 0 unspecified atom stereocenters. The van der Waals surface area contributed by atoms with Gasteiger partial charge < -0.3 is 19.9 Å². The molecule has 1 aliphatic heterocycles. The number of likely N-dealkylation sites (N-methyl/N-ethyl adjacent to an activating group) is 1. The largest absolute Gasteiger partial charge is 0.378 e. The first-order chi connectivity index (χ1) is 14.0. The van der Waals surface area contributed by atoms with Crippen molar-refractivity contribution < 1.29 is 9.53 Å². The number of ether oxygens (including phenoxy) is 1. The third-order valence-electron chi connectivity index (χ3n) is 5.21. The molecule has 0 aliphatic carbocycles. The predicted octanol–water partition coefficient (Wildman–Crippen LogP) is 3.22. The van der Waals surface area contributed by atoms with E-state index in [0.717, 1.165) is 53.7 Å². The van der Waals surface area contributed by atoms with Crippen molar-refractivity contribution in [3.63, 3.8) is 0 Å². The molecule has 29 heavy (non-hydrogen) atoms. The molecule has 4 rings (SSSR count). The van der Waals surface area contributed by atoms with Crippen molar-refractivity contribution in [1.29, 1.82) is 0 Å². The van der Waals surface area contributed by atoms with Gasteiger partial charge in [-0.25, -0.2) is 9.97 Å². The van der Waals surface area contributed by atoms with Crippen LogP contribution in [0.15, 0.2) is 30.6 Å². The van der Waals surface area contributed by atoms with E-state index < -0.39 is 0 Å². The molecule has 1 aliphatic rings. The van der Waals surface area contributed by atoms with Crippen molar-refractivity contribution >= 4 is 44.7 Å². The number of nitrogens with zero attached hydrogens (tertiary/aromatic N) is 4. The van der Waals surface area contributed by atoms with Crippen LogP contribution in [-0.2, 0) is 9.53 Å². The second-order valence-electron chi connectivity index (χ2n) is 7.21. The zero-order valence-corrected chi connectivity index (χ0v) is 17.8.